The molecule has 0 unspecified atom stereocenters. The third-order valence-electron chi connectivity index (χ3n) is 2.46. The Labute approximate surface area is 137 Å². The van der Waals surface area contributed by atoms with Crippen molar-refractivity contribution in [3.8, 4) is 0 Å². The first-order valence-corrected chi connectivity index (χ1v) is 9.44. The predicted octanol–water partition coefficient (Wildman–Crippen LogP) is 2.94. The van der Waals surface area contributed by atoms with Crippen LogP contribution in [0.5, 0.6) is 0 Å². The molecule has 0 aliphatic heterocycles. The third-order valence-corrected chi connectivity index (χ3v) is 4.77. The van der Waals surface area contributed by atoms with Gasteiger partial charge in [-0.05, 0) is 43.3 Å². The smallest absolute Gasteiger partial charge is 0.264 e. The van der Waals surface area contributed by atoms with E-state index in [-0.39, 0.29) is 0 Å². The number of rotatable bonds is 2. The SMILES string of the molecule is Cc1ccc(S(=O)(=O)c2ccc(Br)cc2)cc1.O=S(=O)(O)O. The van der Waals surface area contributed by atoms with Gasteiger partial charge < -0.3 is 0 Å². The molecule has 0 aliphatic carbocycles. The molecule has 22 heavy (non-hydrogen) atoms. The predicted molar refractivity (Wildman–Crippen MR) is 85.0 cm³/mol. The van der Waals surface area contributed by atoms with Gasteiger partial charge in [-0.1, -0.05) is 33.6 Å². The number of hydrogen-bond donors (Lipinski definition) is 2. The van der Waals surface area contributed by atoms with Crippen LogP contribution in [0.25, 0.3) is 0 Å². The zero-order valence-corrected chi connectivity index (χ0v) is 14.6. The van der Waals surface area contributed by atoms with E-state index < -0.39 is 20.2 Å². The second-order valence-corrected chi connectivity index (χ2v) is 7.98. The van der Waals surface area contributed by atoms with Gasteiger partial charge in [0.2, 0.25) is 9.84 Å². The molecule has 0 saturated heterocycles. The molecule has 0 radical (unpaired) electrons. The Balaban J connectivity index is 0.000000422. The topological polar surface area (TPSA) is 109 Å². The lowest BCUT2D eigenvalue weighted by atomic mass is 10.2. The summed E-state index contributed by atoms with van der Waals surface area (Å²) >= 11 is 3.28. The normalized spacial score (nSPS) is 11.5. The van der Waals surface area contributed by atoms with Crippen molar-refractivity contribution in [1.29, 1.82) is 0 Å². The van der Waals surface area contributed by atoms with Crippen LogP contribution < -0.4 is 0 Å². The molecular weight excluding hydrogens is 396 g/mol. The van der Waals surface area contributed by atoms with Crippen LogP contribution in [0.2, 0.25) is 0 Å². The van der Waals surface area contributed by atoms with E-state index in [1.807, 2.05) is 6.92 Å². The summed E-state index contributed by atoms with van der Waals surface area (Å²) < 4.78 is 56.9. The zero-order chi connectivity index (χ0) is 17.0. The van der Waals surface area contributed by atoms with Gasteiger partial charge in [0, 0.05) is 4.47 Å². The Morgan fingerprint density at radius 1 is 0.773 bits per heavy atom. The van der Waals surface area contributed by atoms with Gasteiger partial charge in [-0.3, -0.25) is 9.11 Å². The molecule has 0 amide bonds. The largest absolute Gasteiger partial charge is 0.394 e. The van der Waals surface area contributed by atoms with Gasteiger partial charge in [-0.2, -0.15) is 8.42 Å². The minimum Gasteiger partial charge on any atom is -0.264 e. The van der Waals surface area contributed by atoms with E-state index in [0.29, 0.717) is 9.79 Å². The summed E-state index contributed by atoms with van der Waals surface area (Å²) in [6.07, 6.45) is 0. The molecule has 0 bridgehead atoms. The quantitative estimate of drug-likeness (QED) is 0.739. The molecule has 0 fully saturated rings. The average Bonchev–Trinajstić information content (AvgIpc) is 2.38. The number of hydrogen-bond acceptors (Lipinski definition) is 4. The number of halogens is 1. The van der Waals surface area contributed by atoms with Crippen LogP contribution in [0.4, 0.5) is 0 Å². The summed E-state index contributed by atoms with van der Waals surface area (Å²) in [6.45, 7) is 1.93. The van der Waals surface area contributed by atoms with Crippen LogP contribution in [0.15, 0.2) is 62.8 Å². The summed E-state index contributed by atoms with van der Waals surface area (Å²) in [6, 6.07) is 13.5. The molecule has 0 saturated carbocycles. The number of benzene rings is 2. The van der Waals surface area contributed by atoms with Crippen molar-refractivity contribution in [2.24, 2.45) is 0 Å². The van der Waals surface area contributed by atoms with E-state index in [2.05, 4.69) is 15.9 Å². The van der Waals surface area contributed by atoms with E-state index in [1.165, 1.54) is 0 Å². The summed E-state index contributed by atoms with van der Waals surface area (Å²) in [5.41, 5.74) is 1.04. The molecular formula is C13H13BrO6S2. The highest BCUT2D eigenvalue weighted by atomic mass is 79.9. The first-order valence-electron chi connectivity index (χ1n) is 5.77. The second-order valence-electron chi connectivity index (χ2n) is 4.22. The van der Waals surface area contributed by atoms with E-state index in [1.54, 1.807) is 48.5 Å². The minimum absolute atomic E-state index is 0.310. The fourth-order valence-corrected chi connectivity index (χ4v) is 2.99. The summed E-state index contributed by atoms with van der Waals surface area (Å²) in [5.74, 6) is 0. The number of sulfone groups is 1. The first-order chi connectivity index (χ1) is 10.00. The van der Waals surface area contributed by atoms with Gasteiger partial charge in [0.1, 0.15) is 0 Å². The van der Waals surface area contributed by atoms with Gasteiger partial charge in [-0.15, -0.1) is 0 Å². The molecule has 2 N–H and O–H groups in total. The zero-order valence-electron chi connectivity index (χ0n) is 11.3. The molecule has 0 aromatic heterocycles. The van der Waals surface area contributed by atoms with E-state index in [0.717, 1.165) is 10.0 Å². The van der Waals surface area contributed by atoms with Gasteiger partial charge >= 0.3 is 10.4 Å². The maximum absolute atomic E-state index is 12.2. The molecule has 9 heteroatoms. The number of aryl methyl sites for hydroxylation is 1. The van der Waals surface area contributed by atoms with E-state index in [9.17, 15) is 8.42 Å². The van der Waals surface area contributed by atoms with Crippen LogP contribution in [0.3, 0.4) is 0 Å². The highest BCUT2D eigenvalue weighted by Gasteiger charge is 2.16. The van der Waals surface area contributed by atoms with Crippen LogP contribution in [0.1, 0.15) is 5.56 Å². The molecule has 0 atom stereocenters. The van der Waals surface area contributed by atoms with Crippen molar-refractivity contribution in [1.82, 2.24) is 0 Å². The fraction of sp³-hybridized carbons (Fsp3) is 0.0769. The van der Waals surface area contributed by atoms with Gasteiger partial charge in [0.15, 0.2) is 0 Å². The van der Waals surface area contributed by atoms with E-state index in [4.69, 9.17) is 17.5 Å². The van der Waals surface area contributed by atoms with Crippen LogP contribution in [-0.2, 0) is 20.2 Å². The summed E-state index contributed by atoms with van der Waals surface area (Å²) in [4.78, 5) is 0.634. The van der Waals surface area contributed by atoms with Crippen molar-refractivity contribution in [3.63, 3.8) is 0 Å². The standard InChI is InChI=1S/C13H11BrO2S.H2O4S/c1-10-2-6-12(7-3-10)17(15,16)13-8-4-11(14)5-9-13;1-5(2,3)4/h2-9H,1H3;(H2,1,2,3,4). The molecule has 2 rings (SSSR count). The summed E-state index contributed by atoms with van der Waals surface area (Å²) in [7, 11) is -8.06. The second kappa shape index (κ2) is 7.34. The Kier molecular flexibility index (Phi) is 6.27. The van der Waals surface area contributed by atoms with Crippen molar-refractivity contribution in [3.05, 3.63) is 58.6 Å². The van der Waals surface area contributed by atoms with Crippen LogP contribution in [0, 0.1) is 6.92 Å². The fourth-order valence-electron chi connectivity index (χ4n) is 1.47. The van der Waals surface area contributed by atoms with Gasteiger partial charge in [-0.25, -0.2) is 8.42 Å². The maximum Gasteiger partial charge on any atom is 0.394 e. The molecule has 0 heterocycles. The first kappa shape index (κ1) is 18.8. The van der Waals surface area contributed by atoms with Crippen LogP contribution >= 0.6 is 15.9 Å². The molecule has 0 spiro atoms. The molecule has 6 nitrogen and oxygen atoms in total. The average molecular weight is 409 g/mol. The molecule has 2 aromatic carbocycles. The Hall–Kier alpha value is -1.26. The lowest BCUT2D eigenvalue weighted by Crippen LogP contribution is -2.01. The minimum atomic E-state index is -4.67. The van der Waals surface area contributed by atoms with Crippen molar-refractivity contribution in [2.75, 3.05) is 0 Å². The molecule has 2 aromatic rings. The Morgan fingerprint density at radius 2 is 1.09 bits per heavy atom. The van der Waals surface area contributed by atoms with Crippen molar-refractivity contribution in [2.45, 2.75) is 16.7 Å². The maximum atomic E-state index is 12.2. The van der Waals surface area contributed by atoms with Crippen molar-refractivity contribution < 1.29 is 25.9 Å². The lowest BCUT2D eigenvalue weighted by Gasteiger charge is -2.05. The van der Waals surface area contributed by atoms with E-state index >= 15 is 0 Å². The monoisotopic (exact) mass is 408 g/mol. The Bertz CT molecular complexity index is 766. The molecule has 120 valence electrons. The highest BCUT2D eigenvalue weighted by Crippen LogP contribution is 2.22. The highest BCUT2D eigenvalue weighted by molar-refractivity contribution is 9.10. The van der Waals surface area contributed by atoms with Crippen molar-refractivity contribution >= 4 is 36.2 Å². The van der Waals surface area contributed by atoms with Gasteiger partial charge in [0.25, 0.3) is 0 Å². The molecule has 0 aliphatic rings. The van der Waals surface area contributed by atoms with Gasteiger partial charge in [0.05, 0.1) is 9.79 Å². The third kappa shape index (κ3) is 6.24. The lowest BCUT2D eigenvalue weighted by molar-refractivity contribution is 0.381. The Morgan fingerprint density at radius 3 is 1.45 bits per heavy atom. The summed E-state index contributed by atoms with van der Waals surface area (Å²) in [5, 5.41) is 0. The van der Waals surface area contributed by atoms with Crippen LogP contribution in [-0.4, -0.2) is 25.9 Å².